The van der Waals surface area contributed by atoms with E-state index in [1.807, 2.05) is 6.07 Å². The number of carbonyl (C=O) groups excluding carboxylic acids is 2. The summed E-state index contributed by atoms with van der Waals surface area (Å²) >= 11 is 1.48. The first kappa shape index (κ1) is 21.4. The first-order valence-corrected chi connectivity index (χ1v) is 11.1. The van der Waals surface area contributed by atoms with Gasteiger partial charge in [0.1, 0.15) is 12.4 Å². The van der Waals surface area contributed by atoms with E-state index in [-0.39, 0.29) is 18.0 Å². The van der Waals surface area contributed by atoms with Gasteiger partial charge in [-0.25, -0.2) is 9.37 Å². The molecule has 0 bridgehead atoms. The minimum absolute atomic E-state index is 0.242. The Hall–Kier alpha value is -4.44. The summed E-state index contributed by atoms with van der Waals surface area (Å²) in [7, 11) is 0. The Bertz CT molecular complexity index is 1450. The van der Waals surface area contributed by atoms with Gasteiger partial charge in [0, 0.05) is 16.9 Å². The van der Waals surface area contributed by atoms with Crippen LogP contribution in [0.1, 0.15) is 10.4 Å². The van der Waals surface area contributed by atoms with E-state index < -0.39 is 11.7 Å². The predicted octanol–water partition coefficient (Wildman–Crippen LogP) is 4.30. The molecule has 0 unspecified atom stereocenters. The predicted molar refractivity (Wildman–Crippen MR) is 128 cm³/mol. The summed E-state index contributed by atoms with van der Waals surface area (Å²) in [4.78, 5) is 33.3. The van der Waals surface area contributed by atoms with Crippen molar-refractivity contribution in [1.82, 2.24) is 20.0 Å². The third-order valence-electron chi connectivity index (χ3n) is 5.06. The van der Waals surface area contributed by atoms with Crippen molar-refractivity contribution in [2.75, 3.05) is 16.8 Å². The molecule has 34 heavy (non-hydrogen) atoms. The molecule has 0 atom stereocenters. The SMILES string of the molecule is O=C(CN(C(=O)c1ccc(F)cc1)c1ccc2scnc2c1)Nc1ccc(-n2nccn2)cc1. The Balaban J connectivity index is 1.38. The van der Waals surface area contributed by atoms with Gasteiger partial charge in [0.15, 0.2) is 0 Å². The normalized spacial score (nSPS) is 10.9. The lowest BCUT2D eigenvalue weighted by molar-refractivity contribution is -0.114. The molecule has 0 saturated heterocycles. The quantitative estimate of drug-likeness (QED) is 0.398. The highest BCUT2D eigenvalue weighted by molar-refractivity contribution is 7.16. The lowest BCUT2D eigenvalue weighted by Gasteiger charge is -2.22. The topological polar surface area (TPSA) is 93.0 Å². The van der Waals surface area contributed by atoms with E-state index in [4.69, 9.17) is 0 Å². The van der Waals surface area contributed by atoms with Crippen LogP contribution < -0.4 is 10.2 Å². The second-order valence-corrected chi connectivity index (χ2v) is 8.20. The molecule has 2 aromatic heterocycles. The Morgan fingerprint density at radius 3 is 2.44 bits per heavy atom. The summed E-state index contributed by atoms with van der Waals surface area (Å²) in [5, 5.41) is 10.9. The first-order chi connectivity index (χ1) is 16.6. The number of nitrogens with zero attached hydrogens (tertiary/aromatic N) is 5. The van der Waals surface area contributed by atoms with E-state index >= 15 is 0 Å². The van der Waals surface area contributed by atoms with Crippen LogP contribution in [0.4, 0.5) is 15.8 Å². The van der Waals surface area contributed by atoms with Crippen molar-refractivity contribution in [3.05, 3.63) is 96.0 Å². The Kier molecular flexibility index (Phi) is 5.79. The molecule has 5 aromatic rings. The van der Waals surface area contributed by atoms with Gasteiger partial charge in [-0.1, -0.05) is 0 Å². The summed E-state index contributed by atoms with van der Waals surface area (Å²) < 4.78 is 14.3. The lowest BCUT2D eigenvalue weighted by atomic mass is 10.1. The molecule has 0 aliphatic carbocycles. The minimum atomic E-state index is -0.446. The zero-order valence-electron chi connectivity index (χ0n) is 17.6. The number of anilines is 2. The van der Waals surface area contributed by atoms with Crippen molar-refractivity contribution >= 4 is 44.7 Å². The van der Waals surface area contributed by atoms with Crippen LogP contribution >= 0.6 is 11.3 Å². The maximum atomic E-state index is 13.4. The lowest BCUT2D eigenvalue weighted by Crippen LogP contribution is -2.38. The van der Waals surface area contributed by atoms with Crippen LogP contribution in [0.2, 0.25) is 0 Å². The van der Waals surface area contributed by atoms with Gasteiger partial charge in [-0.05, 0) is 66.7 Å². The van der Waals surface area contributed by atoms with Crippen LogP contribution in [0.3, 0.4) is 0 Å². The average Bonchev–Trinajstić information content (AvgIpc) is 3.55. The van der Waals surface area contributed by atoms with Crippen LogP contribution in [-0.4, -0.2) is 38.3 Å². The fraction of sp³-hybridized carbons (Fsp3) is 0.0417. The number of nitrogens with one attached hydrogen (secondary N) is 1. The van der Waals surface area contributed by atoms with Gasteiger partial charge in [-0.2, -0.15) is 15.0 Å². The van der Waals surface area contributed by atoms with E-state index in [1.54, 1.807) is 54.3 Å². The molecule has 0 aliphatic rings. The van der Waals surface area contributed by atoms with E-state index in [0.717, 1.165) is 15.9 Å². The molecule has 8 nitrogen and oxygen atoms in total. The number of aromatic nitrogens is 4. The minimum Gasteiger partial charge on any atom is -0.325 e. The Morgan fingerprint density at radius 2 is 1.71 bits per heavy atom. The Morgan fingerprint density at radius 1 is 0.971 bits per heavy atom. The van der Waals surface area contributed by atoms with Crippen molar-refractivity contribution in [2.45, 2.75) is 0 Å². The van der Waals surface area contributed by atoms with Gasteiger partial charge in [0.2, 0.25) is 5.91 Å². The fourth-order valence-electron chi connectivity index (χ4n) is 3.41. The molecule has 0 saturated carbocycles. The second kappa shape index (κ2) is 9.20. The summed E-state index contributed by atoms with van der Waals surface area (Å²) in [6.07, 6.45) is 3.15. The number of halogens is 1. The first-order valence-electron chi connectivity index (χ1n) is 10.2. The van der Waals surface area contributed by atoms with Crippen molar-refractivity contribution in [3.8, 4) is 5.69 Å². The third-order valence-corrected chi connectivity index (χ3v) is 5.87. The molecule has 10 heteroatoms. The van der Waals surface area contributed by atoms with Gasteiger partial charge in [0.25, 0.3) is 5.91 Å². The summed E-state index contributed by atoms with van der Waals surface area (Å²) in [6.45, 7) is -0.242. The van der Waals surface area contributed by atoms with Gasteiger partial charge in [0.05, 0.1) is 33.8 Å². The molecular weight excluding hydrogens is 455 g/mol. The highest BCUT2D eigenvalue weighted by atomic mass is 32.1. The molecule has 168 valence electrons. The van der Waals surface area contributed by atoms with Gasteiger partial charge >= 0.3 is 0 Å². The van der Waals surface area contributed by atoms with Crippen LogP contribution in [0, 0.1) is 5.82 Å². The van der Waals surface area contributed by atoms with Crippen LogP contribution in [0.25, 0.3) is 15.9 Å². The summed E-state index contributed by atoms with van der Waals surface area (Å²) in [6, 6.07) is 17.6. The van der Waals surface area contributed by atoms with Crippen LogP contribution in [-0.2, 0) is 4.79 Å². The molecule has 0 spiro atoms. The maximum Gasteiger partial charge on any atom is 0.258 e. The fourth-order valence-corrected chi connectivity index (χ4v) is 4.07. The highest BCUT2D eigenvalue weighted by Gasteiger charge is 2.22. The largest absolute Gasteiger partial charge is 0.325 e. The van der Waals surface area contributed by atoms with Crippen molar-refractivity contribution in [3.63, 3.8) is 0 Å². The van der Waals surface area contributed by atoms with Crippen LogP contribution in [0.5, 0.6) is 0 Å². The van der Waals surface area contributed by atoms with Crippen molar-refractivity contribution < 1.29 is 14.0 Å². The van der Waals surface area contributed by atoms with E-state index in [0.29, 0.717) is 11.4 Å². The number of benzene rings is 3. The zero-order valence-corrected chi connectivity index (χ0v) is 18.4. The molecule has 0 fully saturated rings. The second-order valence-electron chi connectivity index (χ2n) is 7.32. The van der Waals surface area contributed by atoms with Gasteiger partial charge in [-0.15, -0.1) is 11.3 Å². The maximum absolute atomic E-state index is 13.4. The molecule has 3 aromatic carbocycles. The van der Waals surface area contributed by atoms with Crippen molar-refractivity contribution in [1.29, 1.82) is 0 Å². The van der Waals surface area contributed by atoms with Gasteiger partial charge < -0.3 is 5.32 Å². The number of fused-ring (bicyclic) bond motifs is 1. The molecule has 2 heterocycles. The van der Waals surface area contributed by atoms with Gasteiger partial charge in [-0.3, -0.25) is 14.5 Å². The standard InChI is InChI=1S/C24H17FN6O2S/c25-17-3-1-16(2-4-17)24(33)30(20-9-10-22-21(13-20)26-15-34-22)14-23(32)29-18-5-7-19(8-6-18)31-27-11-12-28-31/h1-13,15H,14H2,(H,29,32). The van der Waals surface area contributed by atoms with E-state index in [9.17, 15) is 14.0 Å². The van der Waals surface area contributed by atoms with Crippen LogP contribution in [0.15, 0.2) is 84.6 Å². The zero-order chi connectivity index (χ0) is 23.5. The summed E-state index contributed by atoms with van der Waals surface area (Å²) in [5.74, 6) is -1.26. The number of hydrogen-bond donors (Lipinski definition) is 1. The smallest absolute Gasteiger partial charge is 0.258 e. The number of rotatable bonds is 6. The average molecular weight is 473 g/mol. The monoisotopic (exact) mass is 472 g/mol. The molecule has 0 aliphatic heterocycles. The Labute approximate surface area is 197 Å². The molecule has 0 radical (unpaired) electrons. The number of thiazole rings is 1. The third kappa shape index (κ3) is 4.52. The number of amides is 2. The molecule has 1 N–H and O–H groups in total. The molecule has 2 amide bonds. The molecular formula is C24H17FN6O2S. The number of carbonyl (C=O) groups is 2. The summed E-state index contributed by atoms with van der Waals surface area (Å²) in [5.41, 5.74) is 4.53. The van der Waals surface area contributed by atoms with E-state index in [2.05, 4.69) is 20.5 Å². The highest BCUT2D eigenvalue weighted by Crippen LogP contribution is 2.25. The van der Waals surface area contributed by atoms with Crippen molar-refractivity contribution in [2.24, 2.45) is 0 Å². The number of hydrogen-bond acceptors (Lipinski definition) is 6. The molecule has 5 rings (SSSR count). The van der Waals surface area contributed by atoms with E-state index in [1.165, 1.54) is 45.3 Å².